The van der Waals surface area contributed by atoms with Crippen molar-refractivity contribution in [2.45, 2.75) is 6.92 Å². The van der Waals surface area contributed by atoms with Crippen LogP contribution in [0.2, 0.25) is 0 Å². The topological polar surface area (TPSA) is 68.2 Å². The molecular formula is C18H18N4O2. The Morgan fingerprint density at radius 3 is 2.42 bits per heavy atom. The fourth-order valence-corrected chi connectivity index (χ4v) is 2.31. The van der Waals surface area contributed by atoms with Gasteiger partial charge in [0.15, 0.2) is 0 Å². The van der Waals surface area contributed by atoms with E-state index < -0.39 is 0 Å². The molecule has 0 atom stereocenters. The number of anilines is 2. The summed E-state index contributed by atoms with van der Waals surface area (Å²) in [6, 6.07) is 18.2. The second-order valence-electron chi connectivity index (χ2n) is 5.23. The number of benzene rings is 2. The normalized spacial score (nSPS) is 10.2. The molecule has 0 bridgehead atoms. The lowest BCUT2D eigenvalue weighted by atomic mass is 10.3. The Bertz CT molecular complexity index is 826. The zero-order valence-corrected chi connectivity index (χ0v) is 13.5. The maximum Gasteiger partial charge on any atom is 0.324 e. The van der Waals surface area contributed by atoms with Crippen LogP contribution in [0.3, 0.4) is 0 Å². The van der Waals surface area contributed by atoms with Crippen molar-refractivity contribution in [1.82, 2.24) is 9.78 Å². The molecule has 24 heavy (non-hydrogen) atoms. The smallest absolute Gasteiger partial charge is 0.324 e. The van der Waals surface area contributed by atoms with Gasteiger partial charge in [-0.1, -0.05) is 18.2 Å². The summed E-state index contributed by atoms with van der Waals surface area (Å²) in [7, 11) is 1.60. The molecule has 6 nitrogen and oxygen atoms in total. The van der Waals surface area contributed by atoms with Crippen molar-refractivity contribution in [2.24, 2.45) is 0 Å². The molecule has 0 spiro atoms. The van der Waals surface area contributed by atoms with Crippen molar-refractivity contribution >= 4 is 17.5 Å². The standard InChI is InChI=1S/C18H18N4O2/c1-13-12-17(22(21-13)15-6-4-3-5-7-15)20-18(23)19-14-8-10-16(24-2)11-9-14/h3-12H,1-2H3,(H2,19,20,23). The summed E-state index contributed by atoms with van der Waals surface area (Å²) in [6.07, 6.45) is 0. The average Bonchev–Trinajstić information content (AvgIpc) is 2.96. The van der Waals surface area contributed by atoms with Crippen LogP contribution in [-0.2, 0) is 0 Å². The van der Waals surface area contributed by atoms with Gasteiger partial charge in [-0.3, -0.25) is 5.32 Å². The minimum atomic E-state index is -0.336. The molecule has 0 radical (unpaired) electrons. The highest BCUT2D eigenvalue weighted by Crippen LogP contribution is 2.18. The molecule has 0 aliphatic rings. The van der Waals surface area contributed by atoms with Crippen LogP contribution in [0.5, 0.6) is 5.75 Å². The van der Waals surface area contributed by atoms with Gasteiger partial charge >= 0.3 is 6.03 Å². The van der Waals surface area contributed by atoms with Crippen molar-refractivity contribution < 1.29 is 9.53 Å². The van der Waals surface area contributed by atoms with Crippen LogP contribution in [0.25, 0.3) is 5.69 Å². The third kappa shape index (κ3) is 3.55. The first-order valence-electron chi connectivity index (χ1n) is 7.50. The fraction of sp³-hybridized carbons (Fsp3) is 0.111. The number of nitrogens with zero attached hydrogens (tertiary/aromatic N) is 2. The van der Waals surface area contributed by atoms with E-state index in [1.807, 2.05) is 43.3 Å². The molecule has 1 aromatic heterocycles. The molecule has 2 amide bonds. The number of para-hydroxylation sites is 1. The Morgan fingerprint density at radius 2 is 1.75 bits per heavy atom. The van der Waals surface area contributed by atoms with Gasteiger partial charge in [-0.2, -0.15) is 5.10 Å². The van der Waals surface area contributed by atoms with Gasteiger partial charge in [0.05, 0.1) is 18.5 Å². The molecule has 2 N–H and O–H groups in total. The van der Waals surface area contributed by atoms with E-state index in [0.717, 1.165) is 17.1 Å². The number of hydrogen-bond acceptors (Lipinski definition) is 3. The number of methoxy groups -OCH3 is 1. The third-order valence-corrected chi connectivity index (χ3v) is 3.42. The van der Waals surface area contributed by atoms with E-state index in [-0.39, 0.29) is 6.03 Å². The van der Waals surface area contributed by atoms with Crippen LogP contribution in [0, 0.1) is 6.92 Å². The number of ether oxygens (including phenoxy) is 1. The summed E-state index contributed by atoms with van der Waals surface area (Å²) >= 11 is 0. The summed E-state index contributed by atoms with van der Waals surface area (Å²) in [6.45, 7) is 1.88. The predicted octanol–water partition coefficient (Wildman–Crippen LogP) is 3.83. The minimum absolute atomic E-state index is 0.336. The van der Waals surface area contributed by atoms with Gasteiger partial charge in [0.2, 0.25) is 0 Å². The van der Waals surface area contributed by atoms with Crippen molar-refractivity contribution in [3.63, 3.8) is 0 Å². The molecule has 0 aliphatic carbocycles. The van der Waals surface area contributed by atoms with E-state index in [2.05, 4.69) is 15.7 Å². The number of carbonyl (C=O) groups is 1. The van der Waals surface area contributed by atoms with Gasteiger partial charge in [-0.05, 0) is 43.3 Å². The molecule has 3 rings (SSSR count). The van der Waals surface area contributed by atoms with Gasteiger partial charge < -0.3 is 10.1 Å². The molecular weight excluding hydrogens is 304 g/mol. The maximum atomic E-state index is 12.2. The van der Waals surface area contributed by atoms with E-state index in [4.69, 9.17) is 4.74 Å². The fourth-order valence-electron chi connectivity index (χ4n) is 2.31. The summed E-state index contributed by atoms with van der Waals surface area (Å²) in [5, 5.41) is 10.0. The highest BCUT2D eigenvalue weighted by molar-refractivity contribution is 5.99. The first-order chi connectivity index (χ1) is 11.7. The Kier molecular flexibility index (Phi) is 4.47. The largest absolute Gasteiger partial charge is 0.497 e. The Morgan fingerprint density at radius 1 is 1.04 bits per heavy atom. The summed E-state index contributed by atoms with van der Waals surface area (Å²) in [4.78, 5) is 12.2. The van der Waals surface area contributed by atoms with Crippen LogP contribution in [0.1, 0.15) is 5.69 Å². The van der Waals surface area contributed by atoms with Gasteiger partial charge in [0, 0.05) is 11.8 Å². The lowest BCUT2D eigenvalue weighted by Crippen LogP contribution is -2.21. The zero-order chi connectivity index (χ0) is 16.9. The summed E-state index contributed by atoms with van der Waals surface area (Å²) < 4.78 is 6.79. The SMILES string of the molecule is COc1ccc(NC(=O)Nc2cc(C)nn2-c2ccccc2)cc1. The number of rotatable bonds is 4. The Hall–Kier alpha value is -3.28. The predicted molar refractivity (Wildman–Crippen MR) is 93.9 cm³/mol. The number of urea groups is 1. The first-order valence-corrected chi connectivity index (χ1v) is 7.50. The molecule has 0 saturated carbocycles. The first kappa shape index (κ1) is 15.6. The average molecular weight is 322 g/mol. The number of aromatic nitrogens is 2. The Balaban J connectivity index is 1.74. The number of hydrogen-bond donors (Lipinski definition) is 2. The van der Waals surface area contributed by atoms with Gasteiger partial charge in [0.1, 0.15) is 11.6 Å². The van der Waals surface area contributed by atoms with Crippen LogP contribution in [-0.4, -0.2) is 22.9 Å². The molecule has 0 saturated heterocycles. The molecule has 2 aromatic carbocycles. The van der Waals surface area contributed by atoms with E-state index in [0.29, 0.717) is 11.5 Å². The molecule has 6 heteroatoms. The van der Waals surface area contributed by atoms with Crippen molar-refractivity contribution in [2.75, 3.05) is 17.7 Å². The van der Waals surface area contributed by atoms with E-state index >= 15 is 0 Å². The summed E-state index contributed by atoms with van der Waals surface area (Å²) in [5.74, 6) is 1.34. The molecule has 3 aromatic rings. The second-order valence-corrected chi connectivity index (χ2v) is 5.23. The zero-order valence-electron chi connectivity index (χ0n) is 13.5. The molecule has 0 fully saturated rings. The van der Waals surface area contributed by atoms with Crippen LogP contribution in [0.15, 0.2) is 60.7 Å². The quantitative estimate of drug-likeness (QED) is 0.767. The maximum absolute atomic E-state index is 12.2. The lowest BCUT2D eigenvalue weighted by molar-refractivity contribution is 0.262. The van der Waals surface area contributed by atoms with Gasteiger partial charge in [0.25, 0.3) is 0 Å². The van der Waals surface area contributed by atoms with Crippen molar-refractivity contribution in [1.29, 1.82) is 0 Å². The number of nitrogens with one attached hydrogen (secondary N) is 2. The van der Waals surface area contributed by atoms with Gasteiger partial charge in [-0.15, -0.1) is 0 Å². The van der Waals surface area contributed by atoms with E-state index in [1.165, 1.54) is 0 Å². The third-order valence-electron chi connectivity index (χ3n) is 3.42. The van der Waals surface area contributed by atoms with E-state index in [9.17, 15) is 4.79 Å². The highest BCUT2D eigenvalue weighted by Gasteiger charge is 2.11. The molecule has 122 valence electrons. The lowest BCUT2D eigenvalue weighted by Gasteiger charge is -2.10. The van der Waals surface area contributed by atoms with Crippen LogP contribution < -0.4 is 15.4 Å². The van der Waals surface area contributed by atoms with Crippen LogP contribution >= 0.6 is 0 Å². The monoisotopic (exact) mass is 322 g/mol. The second kappa shape index (κ2) is 6.87. The number of aryl methyl sites for hydroxylation is 1. The Labute approximate surface area is 140 Å². The van der Waals surface area contributed by atoms with E-state index in [1.54, 1.807) is 36.1 Å². The van der Waals surface area contributed by atoms with Gasteiger partial charge in [-0.25, -0.2) is 9.48 Å². The summed E-state index contributed by atoms with van der Waals surface area (Å²) in [5.41, 5.74) is 2.37. The minimum Gasteiger partial charge on any atom is -0.497 e. The number of amides is 2. The van der Waals surface area contributed by atoms with Crippen molar-refractivity contribution in [3.05, 3.63) is 66.4 Å². The molecule has 0 unspecified atom stereocenters. The highest BCUT2D eigenvalue weighted by atomic mass is 16.5. The van der Waals surface area contributed by atoms with Crippen LogP contribution in [0.4, 0.5) is 16.3 Å². The number of carbonyl (C=O) groups excluding carboxylic acids is 1. The van der Waals surface area contributed by atoms with Crippen molar-refractivity contribution in [3.8, 4) is 11.4 Å². The molecule has 1 heterocycles. The molecule has 0 aliphatic heterocycles.